The number of ketones is 1. The van der Waals surface area contributed by atoms with Crippen LogP contribution in [0.1, 0.15) is 112 Å². The maximum absolute atomic E-state index is 14.1. The third kappa shape index (κ3) is 12.9. The van der Waals surface area contributed by atoms with Crippen molar-refractivity contribution in [3.05, 3.63) is 35.9 Å². The van der Waals surface area contributed by atoms with E-state index in [1.807, 2.05) is 65.0 Å². The molecule has 0 aromatic heterocycles. The molecule has 1 aliphatic rings. The molecule has 0 radical (unpaired) electrons. The Morgan fingerprint density at radius 2 is 1.47 bits per heavy atom. The largest absolute Gasteiger partial charge is 0.386 e. The summed E-state index contributed by atoms with van der Waals surface area (Å²) in [5.41, 5.74) is 0.744. The second kappa shape index (κ2) is 22.5. The van der Waals surface area contributed by atoms with Crippen LogP contribution in [0.3, 0.4) is 0 Å². The zero-order valence-corrected chi connectivity index (χ0v) is 34.7. The summed E-state index contributed by atoms with van der Waals surface area (Å²) in [6.45, 7) is 15.6. The van der Waals surface area contributed by atoms with Gasteiger partial charge in [0.1, 0.15) is 11.8 Å². The quantitative estimate of drug-likeness (QED) is 0.124. The summed E-state index contributed by atoms with van der Waals surface area (Å²) in [5.74, 6) is -1.02. The van der Waals surface area contributed by atoms with E-state index in [0.29, 0.717) is 6.42 Å². The summed E-state index contributed by atoms with van der Waals surface area (Å²) >= 11 is 0. The van der Waals surface area contributed by atoms with Gasteiger partial charge in [0.25, 0.3) is 0 Å². The van der Waals surface area contributed by atoms with Gasteiger partial charge >= 0.3 is 0 Å². The molecule has 3 amide bonds. The van der Waals surface area contributed by atoms with Crippen LogP contribution in [0, 0.1) is 35.5 Å². The van der Waals surface area contributed by atoms with Gasteiger partial charge < -0.3 is 35.4 Å². The van der Waals surface area contributed by atoms with E-state index in [2.05, 4.69) is 29.8 Å². The summed E-state index contributed by atoms with van der Waals surface area (Å²) in [4.78, 5) is 56.4. The van der Waals surface area contributed by atoms with Gasteiger partial charge in [0.2, 0.25) is 17.7 Å². The van der Waals surface area contributed by atoms with Crippen molar-refractivity contribution < 1.29 is 33.8 Å². The van der Waals surface area contributed by atoms with E-state index in [1.165, 1.54) is 0 Å². The molecule has 0 spiro atoms. The van der Waals surface area contributed by atoms with Crippen LogP contribution in [0.4, 0.5) is 0 Å². The molecule has 0 aliphatic heterocycles. The maximum atomic E-state index is 14.1. The van der Waals surface area contributed by atoms with Crippen molar-refractivity contribution in [2.24, 2.45) is 35.5 Å². The SMILES string of the molecule is CCC(C)C(C(CC(=O)C1CCCC(C(OC)C(C)C(=O)NC(C)C(O)c2ccccc2)CC1)OC)N(C)C(=O)C(NC(=O)C(NC)C(C)C)C(C)C. The van der Waals surface area contributed by atoms with E-state index in [-0.39, 0.29) is 71.7 Å². The molecule has 2 rings (SSSR count). The molecule has 302 valence electrons. The molecule has 53 heavy (non-hydrogen) atoms. The minimum Gasteiger partial charge on any atom is -0.386 e. The van der Waals surface area contributed by atoms with Gasteiger partial charge in [-0.05, 0) is 68.9 Å². The average molecular weight is 745 g/mol. The maximum Gasteiger partial charge on any atom is 0.245 e. The second-order valence-corrected chi connectivity index (χ2v) is 16.1. The zero-order valence-electron chi connectivity index (χ0n) is 34.7. The van der Waals surface area contributed by atoms with Crippen LogP contribution >= 0.6 is 0 Å². The Morgan fingerprint density at radius 3 is 2.00 bits per heavy atom. The molecule has 1 aromatic carbocycles. The molecule has 1 fully saturated rings. The highest BCUT2D eigenvalue weighted by Crippen LogP contribution is 2.35. The molecular formula is C42H72N4O7. The Morgan fingerprint density at radius 1 is 0.849 bits per heavy atom. The highest BCUT2D eigenvalue weighted by atomic mass is 16.5. The number of rotatable bonds is 21. The molecule has 1 saturated carbocycles. The van der Waals surface area contributed by atoms with E-state index in [0.717, 1.165) is 37.7 Å². The number of aliphatic hydroxyl groups excluding tert-OH is 1. The first-order valence-corrected chi connectivity index (χ1v) is 19.9. The third-order valence-electron chi connectivity index (χ3n) is 11.7. The first-order valence-electron chi connectivity index (χ1n) is 19.9. The van der Waals surface area contributed by atoms with E-state index in [1.54, 1.807) is 40.1 Å². The molecule has 0 saturated heterocycles. The van der Waals surface area contributed by atoms with Crippen LogP contribution in [-0.4, -0.2) is 98.2 Å². The molecule has 4 N–H and O–H groups in total. The van der Waals surface area contributed by atoms with Gasteiger partial charge in [-0.2, -0.15) is 0 Å². The third-order valence-corrected chi connectivity index (χ3v) is 11.7. The number of aliphatic hydroxyl groups is 1. The minimum absolute atomic E-state index is 0.0380. The first kappa shape index (κ1) is 46.3. The summed E-state index contributed by atoms with van der Waals surface area (Å²) in [5, 5.41) is 19.8. The molecule has 11 heteroatoms. The fourth-order valence-corrected chi connectivity index (χ4v) is 8.15. The number of hydrogen-bond donors (Lipinski definition) is 4. The molecular weight excluding hydrogens is 672 g/mol. The smallest absolute Gasteiger partial charge is 0.245 e. The van der Waals surface area contributed by atoms with Gasteiger partial charge in [-0.1, -0.05) is 91.6 Å². The van der Waals surface area contributed by atoms with E-state index < -0.39 is 36.3 Å². The summed E-state index contributed by atoms with van der Waals surface area (Å²) in [7, 11) is 6.75. The molecule has 11 unspecified atom stereocenters. The lowest BCUT2D eigenvalue weighted by Crippen LogP contribution is -2.59. The van der Waals surface area contributed by atoms with Crippen LogP contribution in [0.15, 0.2) is 30.3 Å². The van der Waals surface area contributed by atoms with E-state index in [9.17, 15) is 24.3 Å². The molecule has 1 aliphatic carbocycles. The van der Waals surface area contributed by atoms with Crippen molar-refractivity contribution in [2.75, 3.05) is 28.3 Å². The van der Waals surface area contributed by atoms with E-state index in [4.69, 9.17) is 9.47 Å². The lowest BCUT2D eigenvalue weighted by atomic mass is 9.84. The Hall–Kier alpha value is -2.86. The van der Waals surface area contributed by atoms with Gasteiger partial charge in [-0.3, -0.25) is 19.2 Å². The molecule has 1 aromatic rings. The van der Waals surface area contributed by atoms with Crippen molar-refractivity contribution in [1.29, 1.82) is 0 Å². The number of nitrogens with zero attached hydrogens (tertiary/aromatic N) is 1. The van der Waals surface area contributed by atoms with Gasteiger partial charge in [0.05, 0.1) is 42.4 Å². The Kier molecular flexibility index (Phi) is 19.7. The number of methoxy groups -OCH3 is 2. The summed E-state index contributed by atoms with van der Waals surface area (Å²) in [6.07, 6.45) is 3.15. The highest BCUT2D eigenvalue weighted by Gasteiger charge is 2.40. The normalized spacial score (nSPS) is 21.6. The number of hydrogen-bond acceptors (Lipinski definition) is 8. The molecule has 0 bridgehead atoms. The average Bonchev–Trinajstić information content (AvgIpc) is 3.39. The number of Topliss-reactive ketones (excluding diaryl/α,β-unsaturated/α-hetero) is 1. The summed E-state index contributed by atoms with van der Waals surface area (Å²) in [6, 6.07) is 7.29. The van der Waals surface area contributed by atoms with Crippen LogP contribution in [0.2, 0.25) is 0 Å². The van der Waals surface area contributed by atoms with Gasteiger partial charge in [0, 0.05) is 33.6 Å². The fraction of sp³-hybridized carbons (Fsp3) is 0.762. The van der Waals surface area contributed by atoms with Gasteiger partial charge in [-0.25, -0.2) is 0 Å². The van der Waals surface area contributed by atoms with Crippen molar-refractivity contribution in [3.8, 4) is 0 Å². The monoisotopic (exact) mass is 745 g/mol. The van der Waals surface area contributed by atoms with Crippen LogP contribution in [0.25, 0.3) is 0 Å². The first-order chi connectivity index (χ1) is 25.0. The number of carbonyl (C=O) groups is 4. The van der Waals surface area contributed by atoms with Crippen LogP contribution in [0.5, 0.6) is 0 Å². The van der Waals surface area contributed by atoms with Gasteiger partial charge in [0.15, 0.2) is 0 Å². The lowest BCUT2D eigenvalue weighted by Gasteiger charge is -2.40. The molecule has 0 heterocycles. The fourth-order valence-electron chi connectivity index (χ4n) is 8.15. The number of likely N-dealkylation sites (N-methyl/N-ethyl adjacent to an activating group) is 2. The lowest BCUT2D eigenvalue weighted by molar-refractivity contribution is -0.144. The predicted octanol–water partition coefficient (Wildman–Crippen LogP) is 5.30. The van der Waals surface area contributed by atoms with Crippen LogP contribution in [-0.2, 0) is 28.7 Å². The molecule has 11 nitrogen and oxygen atoms in total. The number of ether oxygens (including phenoxy) is 2. The zero-order chi connectivity index (χ0) is 40.0. The van der Waals surface area contributed by atoms with Crippen molar-refractivity contribution in [1.82, 2.24) is 20.9 Å². The number of nitrogens with one attached hydrogen (secondary N) is 3. The topological polar surface area (TPSA) is 146 Å². The number of amides is 3. The Bertz CT molecular complexity index is 1280. The second-order valence-electron chi connectivity index (χ2n) is 16.1. The molecule has 11 atom stereocenters. The standard InChI is InChI=1S/C42H72N4O7/c1-13-27(6)37(46(10)42(51)36(26(4)5)45-41(50)35(43-9)25(2)3)34(52-11)24-33(47)30-20-17-21-32(23-22-30)39(53-12)28(7)40(49)44-29(8)38(48)31-18-15-14-16-19-31/h14-16,18-19,25-30,32,34-39,43,48H,13,17,20-24H2,1-12H3,(H,44,49)(H,45,50). The number of benzene rings is 1. The van der Waals surface area contributed by atoms with Crippen molar-refractivity contribution in [2.45, 2.75) is 143 Å². The van der Waals surface area contributed by atoms with Crippen LogP contribution < -0.4 is 16.0 Å². The highest BCUT2D eigenvalue weighted by molar-refractivity contribution is 5.90. The van der Waals surface area contributed by atoms with Gasteiger partial charge in [-0.15, -0.1) is 0 Å². The van der Waals surface area contributed by atoms with E-state index >= 15 is 0 Å². The van der Waals surface area contributed by atoms with Crippen molar-refractivity contribution in [3.63, 3.8) is 0 Å². The minimum atomic E-state index is -0.829. The Labute approximate surface area is 320 Å². The van der Waals surface area contributed by atoms with Crippen molar-refractivity contribution >= 4 is 23.5 Å². The summed E-state index contributed by atoms with van der Waals surface area (Å²) < 4.78 is 12.0. The predicted molar refractivity (Wildman–Crippen MR) is 210 cm³/mol. The Balaban J connectivity index is 2.13. The number of carbonyl (C=O) groups excluding carboxylic acids is 4.